The Morgan fingerprint density at radius 2 is 1.12 bits per heavy atom. The summed E-state index contributed by atoms with van der Waals surface area (Å²) in [6, 6.07) is 14.4. The molecule has 4 aromatic rings. The molecule has 48 heavy (non-hydrogen) atoms. The second-order valence-electron chi connectivity index (χ2n) is 10.7. The molecule has 0 aliphatic rings. The topological polar surface area (TPSA) is 158 Å². The number of benzene rings is 4. The number of phenolic OH excluding ortho intramolecular Hbond substituents is 2. The van der Waals surface area contributed by atoms with Crippen molar-refractivity contribution in [3.8, 4) is 23.0 Å². The maximum absolute atomic E-state index is 14.9. The lowest BCUT2D eigenvalue weighted by Crippen LogP contribution is -2.65. The molecule has 0 saturated carbocycles. The van der Waals surface area contributed by atoms with Crippen LogP contribution in [0.15, 0.2) is 72.8 Å². The van der Waals surface area contributed by atoms with Crippen LogP contribution in [0.1, 0.15) is 22.3 Å². The first-order valence-corrected chi connectivity index (χ1v) is 15.2. The standard InChI is InChI=1S/C34H32Cl2F2N2O8/c1-47-29-15-19(3-9-27(29)41)11-13-39-31(43)33(45,21-6-8-25(37)24(36)17-21)34(46,22-5-7-23(35)26(38)18-22)32(44)40-14-12-20-4-10-28(42)30(16-20)48-2/h3-10,15-18,41-42,45-46H,11-14H2,1-2H3,(H,39,43)(H,40,44). The fourth-order valence-corrected chi connectivity index (χ4v) is 5.40. The fourth-order valence-electron chi connectivity index (χ4n) is 5.10. The van der Waals surface area contributed by atoms with Gasteiger partial charge in [0.15, 0.2) is 23.0 Å². The van der Waals surface area contributed by atoms with Crippen LogP contribution in [0.4, 0.5) is 8.78 Å². The molecule has 0 bridgehead atoms. The van der Waals surface area contributed by atoms with E-state index in [9.17, 15) is 38.8 Å². The van der Waals surface area contributed by atoms with Gasteiger partial charge < -0.3 is 40.5 Å². The number of phenols is 2. The van der Waals surface area contributed by atoms with E-state index in [4.69, 9.17) is 32.7 Å². The molecular formula is C34H32Cl2F2N2O8. The summed E-state index contributed by atoms with van der Waals surface area (Å²) < 4.78 is 39.3. The van der Waals surface area contributed by atoms with Gasteiger partial charge in [0.2, 0.25) is 11.2 Å². The number of hydrogen-bond donors (Lipinski definition) is 6. The Morgan fingerprint density at radius 1 is 0.667 bits per heavy atom. The second-order valence-corrected chi connectivity index (χ2v) is 11.5. The Bertz CT molecular complexity index is 1700. The van der Waals surface area contributed by atoms with E-state index in [1.807, 2.05) is 0 Å². The van der Waals surface area contributed by atoms with Crippen molar-refractivity contribution < 1.29 is 48.3 Å². The summed E-state index contributed by atoms with van der Waals surface area (Å²) in [5, 5.41) is 48.5. The van der Waals surface area contributed by atoms with Gasteiger partial charge in [-0.2, -0.15) is 0 Å². The molecule has 0 spiro atoms. The van der Waals surface area contributed by atoms with E-state index in [1.165, 1.54) is 38.5 Å². The van der Waals surface area contributed by atoms with Gasteiger partial charge in [0, 0.05) is 13.1 Å². The molecule has 0 saturated heterocycles. The maximum atomic E-state index is 14.9. The summed E-state index contributed by atoms with van der Waals surface area (Å²) in [6.45, 7) is -0.338. The van der Waals surface area contributed by atoms with Crippen molar-refractivity contribution >= 4 is 35.0 Å². The van der Waals surface area contributed by atoms with Gasteiger partial charge >= 0.3 is 0 Å². The average Bonchev–Trinajstić information content (AvgIpc) is 3.07. The van der Waals surface area contributed by atoms with Crippen molar-refractivity contribution in [2.24, 2.45) is 0 Å². The quantitative estimate of drug-likeness (QED) is 0.119. The minimum absolute atomic E-state index is 0.108. The number of ether oxygens (including phenoxy) is 2. The number of amides is 2. The fraction of sp³-hybridized carbons (Fsp3) is 0.235. The number of carbonyl (C=O) groups is 2. The van der Waals surface area contributed by atoms with Crippen LogP contribution in [0.2, 0.25) is 10.0 Å². The van der Waals surface area contributed by atoms with E-state index in [0.717, 1.165) is 30.3 Å². The summed E-state index contributed by atoms with van der Waals surface area (Å²) in [6.07, 6.45) is 0.273. The molecule has 0 aromatic heterocycles. The lowest BCUT2D eigenvalue weighted by atomic mass is 9.71. The number of aromatic hydroxyl groups is 2. The molecule has 0 radical (unpaired) electrons. The van der Waals surface area contributed by atoms with Crippen LogP contribution in [-0.2, 0) is 33.6 Å². The van der Waals surface area contributed by atoms with E-state index in [0.29, 0.717) is 17.2 Å². The Hall–Kier alpha value is -4.62. The zero-order chi connectivity index (χ0) is 35.2. The third kappa shape index (κ3) is 7.26. The Morgan fingerprint density at radius 3 is 1.56 bits per heavy atom. The lowest BCUT2D eigenvalue weighted by molar-refractivity contribution is -0.192. The van der Waals surface area contributed by atoms with Crippen LogP contribution in [0.3, 0.4) is 0 Å². The third-order valence-electron chi connectivity index (χ3n) is 7.74. The Balaban J connectivity index is 1.75. The minimum atomic E-state index is -3.27. The van der Waals surface area contributed by atoms with Gasteiger partial charge in [-0.3, -0.25) is 9.59 Å². The SMILES string of the molecule is COc1cc(CCNC(=O)C(O)(c2ccc(Cl)c(F)c2)C(O)(C(=O)NCCc2ccc(O)c(OC)c2)c2ccc(F)c(Cl)c2)ccc1O. The molecule has 0 aliphatic carbocycles. The normalized spacial score (nSPS) is 13.6. The average molecular weight is 706 g/mol. The van der Waals surface area contributed by atoms with Gasteiger partial charge in [-0.1, -0.05) is 47.5 Å². The molecule has 14 heteroatoms. The van der Waals surface area contributed by atoms with Crippen molar-refractivity contribution in [2.45, 2.75) is 24.0 Å². The first-order valence-electron chi connectivity index (χ1n) is 14.4. The number of halogens is 4. The number of aliphatic hydroxyl groups is 2. The molecule has 254 valence electrons. The number of rotatable bonds is 13. The predicted molar refractivity (Wildman–Crippen MR) is 173 cm³/mol. The Kier molecular flexibility index (Phi) is 11.4. The van der Waals surface area contributed by atoms with Gasteiger partial charge in [-0.05, 0) is 83.6 Å². The summed E-state index contributed by atoms with van der Waals surface area (Å²) in [7, 11) is 2.72. The molecule has 2 unspecified atom stereocenters. The summed E-state index contributed by atoms with van der Waals surface area (Å²) >= 11 is 11.9. The Labute approximate surface area is 284 Å². The summed E-state index contributed by atoms with van der Waals surface area (Å²) in [4.78, 5) is 28.1. The summed E-state index contributed by atoms with van der Waals surface area (Å²) in [5.74, 6) is -4.48. The van der Waals surface area contributed by atoms with E-state index < -0.39 is 50.8 Å². The smallest absolute Gasteiger partial charge is 0.260 e. The van der Waals surface area contributed by atoms with Crippen LogP contribution < -0.4 is 20.1 Å². The van der Waals surface area contributed by atoms with E-state index in [2.05, 4.69) is 10.6 Å². The molecular weight excluding hydrogens is 673 g/mol. The van der Waals surface area contributed by atoms with Crippen LogP contribution in [0, 0.1) is 11.6 Å². The van der Waals surface area contributed by atoms with Crippen LogP contribution >= 0.6 is 23.2 Å². The molecule has 0 fully saturated rings. The first-order chi connectivity index (χ1) is 22.8. The molecule has 4 rings (SSSR count). The molecule has 6 N–H and O–H groups in total. The second kappa shape index (κ2) is 15.1. The van der Waals surface area contributed by atoms with Gasteiger partial charge in [-0.25, -0.2) is 8.78 Å². The molecule has 0 heterocycles. The highest BCUT2D eigenvalue weighted by Gasteiger charge is 2.62. The third-order valence-corrected chi connectivity index (χ3v) is 8.34. The largest absolute Gasteiger partial charge is 0.504 e. The molecule has 10 nitrogen and oxygen atoms in total. The van der Waals surface area contributed by atoms with Gasteiger partial charge in [0.1, 0.15) is 11.6 Å². The summed E-state index contributed by atoms with van der Waals surface area (Å²) in [5.41, 5.74) is -6.35. The van der Waals surface area contributed by atoms with Crippen LogP contribution in [0.25, 0.3) is 0 Å². The van der Waals surface area contributed by atoms with Crippen molar-refractivity contribution in [2.75, 3.05) is 27.3 Å². The van der Waals surface area contributed by atoms with Crippen molar-refractivity contribution in [3.05, 3.63) is 117 Å². The first kappa shape index (κ1) is 36.2. The number of methoxy groups -OCH3 is 2. The van der Waals surface area contributed by atoms with Gasteiger partial charge in [0.05, 0.1) is 24.3 Å². The van der Waals surface area contributed by atoms with E-state index >= 15 is 0 Å². The number of carbonyl (C=O) groups excluding carboxylic acids is 2. The number of hydrogen-bond acceptors (Lipinski definition) is 8. The van der Waals surface area contributed by atoms with Crippen LogP contribution in [-0.4, -0.2) is 59.5 Å². The highest BCUT2D eigenvalue weighted by molar-refractivity contribution is 6.31. The molecule has 2 amide bonds. The van der Waals surface area contributed by atoms with Crippen LogP contribution in [0.5, 0.6) is 23.0 Å². The monoisotopic (exact) mass is 704 g/mol. The molecule has 4 aromatic carbocycles. The highest BCUT2D eigenvalue weighted by atomic mass is 35.5. The predicted octanol–water partition coefficient (Wildman–Crippen LogP) is 4.49. The van der Waals surface area contributed by atoms with E-state index in [-0.39, 0.29) is 54.0 Å². The number of nitrogens with one attached hydrogen (secondary N) is 2. The maximum Gasteiger partial charge on any atom is 0.260 e. The van der Waals surface area contributed by atoms with Crippen molar-refractivity contribution in [3.63, 3.8) is 0 Å². The zero-order valence-corrected chi connectivity index (χ0v) is 27.2. The minimum Gasteiger partial charge on any atom is -0.504 e. The van der Waals surface area contributed by atoms with Gasteiger partial charge in [-0.15, -0.1) is 0 Å². The van der Waals surface area contributed by atoms with Crippen molar-refractivity contribution in [1.82, 2.24) is 10.6 Å². The zero-order valence-electron chi connectivity index (χ0n) is 25.7. The van der Waals surface area contributed by atoms with Crippen molar-refractivity contribution in [1.29, 1.82) is 0 Å². The highest BCUT2D eigenvalue weighted by Crippen LogP contribution is 2.43. The van der Waals surface area contributed by atoms with Gasteiger partial charge in [0.25, 0.3) is 11.8 Å². The van der Waals surface area contributed by atoms with E-state index in [1.54, 1.807) is 12.1 Å². The molecule has 0 aliphatic heterocycles. The lowest BCUT2D eigenvalue weighted by Gasteiger charge is -2.41. The molecule has 2 atom stereocenters.